The molecule has 0 bridgehead atoms. The second kappa shape index (κ2) is 4.76. The number of alkyl halides is 7. The first kappa shape index (κ1) is 15.5. The average molecular weight is 266 g/mol. The number of carbonyl (C=O) groups is 1. The molecule has 0 aromatic rings. The maximum Gasteiger partial charge on any atom is 0.435 e. The van der Waals surface area contributed by atoms with E-state index in [1.165, 1.54) is 0 Å². The van der Waals surface area contributed by atoms with Gasteiger partial charge in [-0.2, -0.15) is 26.3 Å². The molecule has 0 aliphatic carbocycles. The summed E-state index contributed by atoms with van der Waals surface area (Å²) in [7, 11) is 0. The van der Waals surface area contributed by atoms with E-state index in [2.05, 4.69) is 11.3 Å². The first-order valence-corrected chi connectivity index (χ1v) is 3.79. The van der Waals surface area contributed by atoms with Gasteiger partial charge >= 0.3 is 24.0 Å². The van der Waals surface area contributed by atoms with Gasteiger partial charge in [-0.05, 0) is 0 Å². The monoisotopic (exact) mass is 266 g/mol. The number of allylic oxidation sites excluding steroid dienone is 1. The van der Waals surface area contributed by atoms with Crippen molar-refractivity contribution in [2.45, 2.75) is 18.0 Å². The van der Waals surface area contributed by atoms with Crippen LogP contribution >= 0.6 is 0 Å². The molecule has 0 aliphatic rings. The van der Waals surface area contributed by atoms with Crippen LogP contribution in [0.1, 0.15) is 0 Å². The topological polar surface area (TPSA) is 26.3 Å². The molecule has 0 rings (SSSR count). The molecule has 0 spiro atoms. The Bertz CT molecular complexity index is 312. The summed E-state index contributed by atoms with van der Waals surface area (Å²) in [6, 6.07) is 0. The second-order valence-corrected chi connectivity index (χ2v) is 2.65. The molecule has 0 saturated carbocycles. The predicted molar refractivity (Wildman–Crippen MR) is 41.4 cm³/mol. The third-order valence-electron chi connectivity index (χ3n) is 1.47. The molecule has 17 heavy (non-hydrogen) atoms. The molecule has 0 amide bonds. The van der Waals surface area contributed by atoms with Crippen LogP contribution < -0.4 is 0 Å². The van der Waals surface area contributed by atoms with E-state index in [1.807, 2.05) is 0 Å². The van der Waals surface area contributed by atoms with Gasteiger partial charge in [-0.25, -0.2) is 9.18 Å². The van der Waals surface area contributed by atoms with Crippen molar-refractivity contribution in [2.75, 3.05) is 0 Å². The highest BCUT2D eigenvalue weighted by Gasteiger charge is 2.71. The lowest BCUT2D eigenvalue weighted by atomic mass is 10.1. The molecule has 0 saturated heterocycles. The highest BCUT2D eigenvalue weighted by Crippen LogP contribution is 2.47. The summed E-state index contributed by atoms with van der Waals surface area (Å²) in [5, 5.41) is 0. The van der Waals surface area contributed by atoms with E-state index in [-0.39, 0.29) is 6.26 Å². The van der Waals surface area contributed by atoms with Gasteiger partial charge in [0.1, 0.15) is 0 Å². The summed E-state index contributed by atoms with van der Waals surface area (Å²) in [5.41, 5.74) is -5.58. The van der Waals surface area contributed by atoms with Crippen LogP contribution in [0, 0.1) is 0 Å². The number of hydrogen-bond donors (Lipinski definition) is 0. The van der Waals surface area contributed by atoms with Crippen LogP contribution in [0.15, 0.2) is 25.0 Å². The van der Waals surface area contributed by atoms with Crippen molar-refractivity contribution in [3.63, 3.8) is 0 Å². The Morgan fingerprint density at radius 3 is 1.71 bits per heavy atom. The number of hydrogen-bond acceptors (Lipinski definition) is 2. The Hall–Kier alpha value is -1.54. The number of carbonyl (C=O) groups excluding carboxylic acids is 1. The van der Waals surface area contributed by atoms with Crippen molar-refractivity contribution >= 4 is 5.97 Å². The van der Waals surface area contributed by atoms with E-state index < -0.39 is 30.1 Å². The van der Waals surface area contributed by atoms with Gasteiger partial charge in [0.25, 0.3) is 0 Å². The highest BCUT2D eigenvalue weighted by atomic mass is 19.4. The van der Waals surface area contributed by atoms with E-state index in [0.717, 1.165) is 0 Å². The van der Waals surface area contributed by atoms with Gasteiger partial charge in [0.2, 0.25) is 0 Å². The normalized spacial score (nSPS) is 13.8. The molecule has 0 radical (unpaired) electrons. The summed E-state index contributed by atoms with van der Waals surface area (Å²) in [4.78, 5) is 10.3. The number of ether oxygens (including phenoxy) is 1. The summed E-state index contributed by atoms with van der Waals surface area (Å²) in [5.74, 6) is -1.33. The van der Waals surface area contributed by atoms with E-state index in [1.54, 1.807) is 0 Å². The van der Waals surface area contributed by atoms with Gasteiger partial charge < -0.3 is 4.74 Å². The zero-order valence-electron chi connectivity index (χ0n) is 7.90. The fraction of sp³-hybridized carbons (Fsp3) is 0.375. The molecule has 0 N–H and O–H groups in total. The number of halogens is 7. The molecule has 0 aliphatic heterocycles. The van der Waals surface area contributed by atoms with Crippen LogP contribution in [0.4, 0.5) is 30.7 Å². The molecule has 0 aromatic heterocycles. The number of esters is 1. The SMILES string of the molecule is C=CC(=O)O/C=C/C(F)(C(F)(F)F)C(F)(F)F. The Kier molecular flexibility index (Phi) is 4.33. The third kappa shape index (κ3) is 3.46. The van der Waals surface area contributed by atoms with Crippen molar-refractivity contribution < 1.29 is 40.3 Å². The Morgan fingerprint density at radius 2 is 1.41 bits per heavy atom. The lowest BCUT2D eigenvalue weighted by molar-refractivity contribution is -0.322. The molecule has 0 heterocycles. The molecular formula is C8H5F7O2. The Labute approximate surface area is 90.3 Å². The third-order valence-corrected chi connectivity index (χ3v) is 1.47. The summed E-state index contributed by atoms with van der Waals surface area (Å²) in [6.07, 6.45) is -13.2. The van der Waals surface area contributed by atoms with Crippen LogP contribution in [-0.4, -0.2) is 24.0 Å². The lowest BCUT2D eigenvalue weighted by Gasteiger charge is -2.26. The van der Waals surface area contributed by atoms with Crippen LogP contribution in [0.2, 0.25) is 0 Å². The van der Waals surface area contributed by atoms with Crippen LogP contribution in [0.25, 0.3) is 0 Å². The molecule has 0 fully saturated rings. The van der Waals surface area contributed by atoms with Crippen molar-refractivity contribution in [2.24, 2.45) is 0 Å². The Morgan fingerprint density at radius 1 is 1.00 bits per heavy atom. The quantitative estimate of drug-likeness (QED) is 0.339. The van der Waals surface area contributed by atoms with Gasteiger partial charge in [0.05, 0.1) is 6.26 Å². The van der Waals surface area contributed by atoms with Crippen LogP contribution in [0.5, 0.6) is 0 Å². The zero-order valence-corrected chi connectivity index (χ0v) is 7.90. The van der Waals surface area contributed by atoms with Gasteiger partial charge in [-0.3, -0.25) is 0 Å². The summed E-state index contributed by atoms with van der Waals surface area (Å²) in [6.45, 7) is 2.83. The average Bonchev–Trinajstić information content (AvgIpc) is 2.13. The summed E-state index contributed by atoms with van der Waals surface area (Å²) >= 11 is 0. The van der Waals surface area contributed by atoms with E-state index in [9.17, 15) is 35.5 Å². The minimum absolute atomic E-state index is 0.328. The minimum Gasteiger partial charge on any atom is -0.432 e. The molecule has 0 unspecified atom stereocenters. The highest BCUT2D eigenvalue weighted by molar-refractivity contribution is 5.81. The van der Waals surface area contributed by atoms with Gasteiger partial charge in [-0.15, -0.1) is 0 Å². The molecule has 0 aromatic carbocycles. The largest absolute Gasteiger partial charge is 0.435 e. The van der Waals surface area contributed by atoms with E-state index >= 15 is 0 Å². The fourth-order valence-electron chi connectivity index (χ4n) is 0.593. The minimum atomic E-state index is -6.22. The Balaban J connectivity index is 5.12. The van der Waals surface area contributed by atoms with Crippen molar-refractivity contribution in [3.8, 4) is 0 Å². The van der Waals surface area contributed by atoms with Crippen LogP contribution in [-0.2, 0) is 9.53 Å². The van der Waals surface area contributed by atoms with E-state index in [4.69, 9.17) is 0 Å². The molecule has 0 atom stereocenters. The first-order chi connectivity index (χ1) is 7.45. The maximum atomic E-state index is 12.8. The molecule has 2 nitrogen and oxygen atoms in total. The molecular weight excluding hydrogens is 261 g/mol. The van der Waals surface area contributed by atoms with Crippen molar-refractivity contribution in [3.05, 3.63) is 25.0 Å². The summed E-state index contributed by atoms with van der Waals surface area (Å²) < 4.78 is 87.9. The van der Waals surface area contributed by atoms with E-state index in [0.29, 0.717) is 6.08 Å². The van der Waals surface area contributed by atoms with Gasteiger partial charge in [-0.1, -0.05) is 6.58 Å². The fourth-order valence-corrected chi connectivity index (χ4v) is 0.593. The predicted octanol–water partition coefficient (Wildman–Crippen LogP) is 3.06. The van der Waals surface area contributed by atoms with Crippen LogP contribution in [0.3, 0.4) is 0 Å². The van der Waals surface area contributed by atoms with Gasteiger partial charge in [0.15, 0.2) is 0 Å². The lowest BCUT2D eigenvalue weighted by Crippen LogP contribution is -2.51. The zero-order chi connectivity index (χ0) is 13.9. The number of rotatable bonds is 3. The molecule has 9 heteroatoms. The molecule has 98 valence electrons. The maximum absolute atomic E-state index is 12.8. The van der Waals surface area contributed by atoms with Gasteiger partial charge in [0, 0.05) is 12.2 Å². The smallest absolute Gasteiger partial charge is 0.432 e. The second-order valence-electron chi connectivity index (χ2n) is 2.65. The van der Waals surface area contributed by atoms with Crippen molar-refractivity contribution in [1.29, 1.82) is 0 Å². The van der Waals surface area contributed by atoms with Crippen molar-refractivity contribution in [1.82, 2.24) is 0 Å². The standard InChI is InChI=1S/C8H5F7O2/c1-2-5(16)17-4-3-6(9,7(10,11)12)8(13,14)15/h2-4H,1H2/b4-3+. The first-order valence-electron chi connectivity index (χ1n) is 3.79.